The first-order valence-corrected chi connectivity index (χ1v) is 6.97. The maximum absolute atomic E-state index is 3.58. The smallest absolute Gasteiger partial charge is 0.0431 e. The van der Waals surface area contributed by atoms with Crippen molar-refractivity contribution in [1.82, 2.24) is 5.32 Å². The second kappa shape index (κ2) is 6.97. The van der Waals surface area contributed by atoms with Crippen molar-refractivity contribution in [2.24, 2.45) is 0 Å². The van der Waals surface area contributed by atoms with Gasteiger partial charge in [-0.2, -0.15) is 0 Å². The van der Waals surface area contributed by atoms with E-state index in [0.717, 1.165) is 19.4 Å². The highest BCUT2D eigenvalue weighted by Crippen LogP contribution is 2.22. The van der Waals surface area contributed by atoms with Gasteiger partial charge in [-0.15, -0.1) is 11.8 Å². The monoisotopic (exact) mass is 251 g/mol. The first-order valence-electron chi connectivity index (χ1n) is 6.97. The molecule has 0 fully saturated rings. The summed E-state index contributed by atoms with van der Waals surface area (Å²) in [6.07, 6.45) is 2.01. The van der Waals surface area contributed by atoms with Gasteiger partial charge in [0, 0.05) is 12.5 Å². The lowest BCUT2D eigenvalue weighted by molar-refractivity contribution is 0.543. The van der Waals surface area contributed by atoms with E-state index >= 15 is 0 Å². The molecule has 98 valence electrons. The van der Waals surface area contributed by atoms with Crippen LogP contribution in [0.3, 0.4) is 0 Å². The van der Waals surface area contributed by atoms with Crippen LogP contribution in [0, 0.1) is 11.8 Å². The van der Waals surface area contributed by atoms with Gasteiger partial charge >= 0.3 is 0 Å². The fourth-order valence-electron chi connectivity index (χ4n) is 2.26. The Morgan fingerprint density at radius 1 is 1.11 bits per heavy atom. The van der Waals surface area contributed by atoms with Crippen LogP contribution in [0.25, 0.3) is 10.8 Å². The van der Waals surface area contributed by atoms with Gasteiger partial charge in [-0.3, -0.25) is 0 Å². The van der Waals surface area contributed by atoms with Crippen LogP contribution < -0.4 is 5.32 Å². The zero-order valence-electron chi connectivity index (χ0n) is 11.7. The molecule has 0 bridgehead atoms. The van der Waals surface area contributed by atoms with E-state index in [2.05, 4.69) is 66.5 Å². The molecule has 0 aliphatic heterocycles. The Morgan fingerprint density at radius 3 is 2.63 bits per heavy atom. The highest BCUT2D eigenvalue weighted by Gasteiger charge is 2.09. The van der Waals surface area contributed by atoms with Crippen molar-refractivity contribution < 1.29 is 0 Å². The molecule has 1 nitrogen and oxygen atoms in total. The van der Waals surface area contributed by atoms with Crippen LogP contribution in [0.2, 0.25) is 0 Å². The van der Waals surface area contributed by atoms with E-state index in [1.165, 1.54) is 16.3 Å². The summed E-state index contributed by atoms with van der Waals surface area (Å²) < 4.78 is 0. The van der Waals surface area contributed by atoms with Gasteiger partial charge < -0.3 is 5.32 Å². The summed E-state index contributed by atoms with van der Waals surface area (Å²) in [4.78, 5) is 0. The molecule has 1 N–H and O–H groups in total. The van der Waals surface area contributed by atoms with E-state index in [1.807, 2.05) is 6.92 Å². The molecule has 0 spiro atoms. The number of rotatable bonds is 5. The van der Waals surface area contributed by atoms with Crippen LogP contribution in [-0.2, 0) is 0 Å². The lowest BCUT2D eigenvalue weighted by Gasteiger charge is -2.17. The normalized spacial score (nSPS) is 11.9. The van der Waals surface area contributed by atoms with E-state index in [-0.39, 0.29) is 0 Å². The molecule has 0 aliphatic carbocycles. The van der Waals surface area contributed by atoms with Crippen LogP contribution >= 0.6 is 0 Å². The minimum Gasteiger partial charge on any atom is -0.309 e. The van der Waals surface area contributed by atoms with Gasteiger partial charge in [-0.05, 0) is 42.3 Å². The van der Waals surface area contributed by atoms with Crippen molar-refractivity contribution in [3.8, 4) is 11.8 Å². The highest BCUT2D eigenvalue weighted by molar-refractivity contribution is 5.83. The number of hydrogen-bond acceptors (Lipinski definition) is 1. The zero-order valence-corrected chi connectivity index (χ0v) is 11.7. The Bertz CT molecular complexity index is 589. The lowest BCUT2D eigenvalue weighted by atomic mass is 10.00. The van der Waals surface area contributed by atoms with Crippen molar-refractivity contribution in [2.45, 2.75) is 32.7 Å². The van der Waals surface area contributed by atoms with Gasteiger partial charge in [-0.1, -0.05) is 43.3 Å². The third-order valence-corrected chi connectivity index (χ3v) is 3.30. The van der Waals surface area contributed by atoms with Gasteiger partial charge in [0.25, 0.3) is 0 Å². The molecule has 1 heteroatoms. The van der Waals surface area contributed by atoms with Gasteiger partial charge in [0.2, 0.25) is 0 Å². The van der Waals surface area contributed by atoms with Crippen molar-refractivity contribution >= 4 is 10.8 Å². The molecule has 2 rings (SSSR count). The molecule has 0 heterocycles. The Balaban J connectivity index is 2.28. The Labute approximate surface area is 116 Å². The molecular formula is C18H21N. The van der Waals surface area contributed by atoms with Crippen LogP contribution in [0.4, 0.5) is 0 Å². The van der Waals surface area contributed by atoms with E-state index < -0.39 is 0 Å². The van der Waals surface area contributed by atoms with Gasteiger partial charge in [0.15, 0.2) is 0 Å². The predicted octanol–water partition coefficient (Wildman–Crippen LogP) is 4.29. The van der Waals surface area contributed by atoms with Crippen LogP contribution in [0.15, 0.2) is 42.5 Å². The third-order valence-electron chi connectivity index (χ3n) is 3.30. The minimum atomic E-state index is 0.331. The molecule has 19 heavy (non-hydrogen) atoms. The SMILES string of the molecule is CC#CCC(NCCC)c1ccc2ccccc2c1. The number of hydrogen-bond donors (Lipinski definition) is 1. The summed E-state index contributed by atoms with van der Waals surface area (Å²) in [5.41, 5.74) is 1.33. The summed E-state index contributed by atoms with van der Waals surface area (Å²) in [5.74, 6) is 6.18. The predicted molar refractivity (Wildman–Crippen MR) is 83.0 cm³/mol. The van der Waals surface area contributed by atoms with E-state index in [0.29, 0.717) is 6.04 Å². The van der Waals surface area contributed by atoms with Gasteiger partial charge in [0.05, 0.1) is 0 Å². The van der Waals surface area contributed by atoms with E-state index in [4.69, 9.17) is 0 Å². The number of benzene rings is 2. The van der Waals surface area contributed by atoms with Crippen molar-refractivity contribution in [3.05, 3.63) is 48.0 Å². The average Bonchev–Trinajstić information content (AvgIpc) is 2.47. The maximum atomic E-state index is 3.58. The molecule has 2 aromatic carbocycles. The van der Waals surface area contributed by atoms with Crippen LogP contribution in [-0.4, -0.2) is 6.54 Å². The molecule has 1 atom stereocenters. The Hall–Kier alpha value is -1.78. The lowest BCUT2D eigenvalue weighted by Crippen LogP contribution is -2.21. The van der Waals surface area contributed by atoms with Crippen molar-refractivity contribution in [1.29, 1.82) is 0 Å². The zero-order chi connectivity index (χ0) is 13.5. The first kappa shape index (κ1) is 13.6. The van der Waals surface area contributed by atoms with Crippen LogP contribution in [0.5, 0.6) is 0 Å². The molecule has 0 amide bonds. The van der Waals surface area contributed by atoms with E-state index in [9.17, 15) is 0 Å². The molecule has 1 unspecified atom stereocenters. The fourth-order valence-corrected chi connectivity index (χ4v) is 2.26. The maximum Gasteiger partial charge on any atom is 0.0431 e. The average molecular weight is 251 g/mol. The minimum absolute atomic E-state index is 0.331. The molecule has 0 saturated heterocycles. The van der Waals surface area contributed by atoms with Crippen molar-refractivity contribution in [2.75, 3.05) is 6.54 Å². The topological polar surface area (TPSA) is 12.0 Å². The number of fused-ring (bicyclic) bond motifs is 1. The first-order chi connectivity index (χ1) is 9.35. The largest absolute Gasteiger partial charge is 0.309 e. The quantitative estimate of drug-likeness (QED) is 0.781. The fraction of sp³-hybridized carbons (Fsp3) is 0.333. The molecule has 0 aromatic heterocycles. The highest BCUT2D eigenvalue weighted by atomic mass is 14.9. The Kier molecular flexibility index (Phi) is 5.01. The molecule has 0 saturated carbocycles. The van der Waals surface area contributed by atoms with Gasteiger partial charge in [0.1, 0.15) is 0 Å². The summed E-state index contributed by atoms with van der Waals surface area (Å²) in [6, 6.07) is 15.5. The summed E-state index contributed by atoms with van der Waals surface area (Å²) in [6.45, 7) is 5.12. The van der Waals surface area contributed by atoms with Crippen molar-refractivity contribution in [3.63, 3.8) is 0 Å². The molecule has 2 aromatic rings. The number of nitrogens with one attached hydrogen (secondary N) is 1. The molecular weight excluding hydrogens is 230 g/mol. The third kappa shape index (κ3) is 3.59. The summed E-state index contributed by atoms with van der Waals surface area (Å²) in [5, 5.41) is 6.18. The second-order valence-electron chi connectivity index (χ2n) is 4.74. The molecule has 0 radical (unpaired) electrons. The standard InChI is InChI=1S/C18H21N/c1-3-5-10-18(19-13-4-2)17-12-11-15-8-6-7-9-16(15)14-17/h6-9,11-12,14,18-19H,4,10,13H2,1-2H3. The van der Waals surface area contributed by atoms with Crippen LogP contribution in [0.1, 0.15) is 38.3 Å². The summed E-state index contributed by atoms with van der Waals surface area (Å²) in [7, 11) is 0. The van der Waals surface area contributed by atoms with E-state index in [1.54, 1.807) is 0 Å². The van der Waals surface area contributed by atoms with Gasteiger partial charge in [-0.25, -0.2) is 0 Å². The molecule has 0 aliphatic rings. The second-order valence-corrected chi connectivity index (χ2v) is 4.74. The Morgan fingerprint density at radius 2 is 1.89 bits per heavy atom. The summed E-state index contributed by atoms with van der Waals surface area (Å²) >= 11 is 0.